The van der Waals surface area contributed by atoms with Crippen molar-refractivity contribution in [2.24, 2.45) is 17.8 Å². The van der Waals surface area contributed by atoms with E-state index in [1.165, 1.54) is 6.42 Å². The van der Waals surface area contributed by atoms with E-state index in [-0.39, 0.29) is 5.92 Å². The first-order chi connectivity index (χ1) is 3.79. The summed E-state index contributed by atoms with van der Waals surface area (Å²) in [4.78, 5) is 10.2. The van der Waals surface area contributed by atoms with Crippen LogP contribution in [-0.4, -0.2) is 11.1 Å². The zero-order valence-corrected chi connectivity index (χ0v) is 4.50. The average molecular weight is 112 g/mol. The van der Waals surface area contributed by atoms with Gasteiger partial charge in [0.1, 0.15) is 0 Å². The Morgan fingerprint density at radius 2 is 2.25 bits per heavy atom. The maximum absolute atomic E-state index is 10.2. The van der Waals surface area contributed by atoms with Gasteiger partial charge in [0.2, 0.25) is 0 Å². The fraction of sp³-hybridized carbons (Fsp3) is 0.833. The van der Waals surface area contributed by atoms with E-state index < -0.39 is 5.97 Å². The quantitative estimate of drug-likeness (QED) is 0.542. The molecule has 2 heteroatoms. The smallest absolute Gasteiger partial charge is 0.306 e. The zero-order chi connectivity index (χ0) is 5.72. The summed E-state index contributed by atoms with van der Waals surface area (Å²) in [7, 11) is 0. The number of fused-ring (bicyclic) bond motifs is 1. The normalized spacial score (nSPS) is 49.2. The Bertz CT molecular complexity index is 141. The molecule has 44 valence electrons. The molecule has 1 N–H and O–H groups in total. The van der Waals surface area contributed by atoms with E-state index in [0.717, 1.165) is 12.3 Å². The lowest BCUT2D eigenvalue weighted by molar-refractivity contribution is -0.145. The number of aliphatic carboxylic acids is 1. The second-order valence-electron chi connectivity index (χ2n) is 2.84. The number of rotatable bonds is 1. The molecule has 3 unspecified atom stereocenters. The van der Waals surface area contributed by atoms with E-state index in [1.807, 2.05) is 0 Å². The van der Waals surface area contributed by atoms with Gasteiger partial charge in [0.25, 0.3) is 0 Å². The number of carbonyl (C=O) groups is 1. The van der Waals surface area contributed by atoms with Crippen LogP contribution in [0.3, 0.4) is 0 Å². The molecule has 2 aliphatic carbocycles. The Morgan fingerprint density at radius 1 is 1.50 bits per heavy atom. The number of carboxylic acids is 1. The Kier molecular flexibility index (Phi) is 0.581. The molecule has 0 aromatic carbocycles. The summed E-state index contributed by atoms with van der Waals surface area (Å²) in [6.45, 7) is 0. The summed E-state index contributed by atoms with van der Waals surface area (Å²) in [6, 6.07) is 0. The standard InChI is InChI=1S/C6H8O2/c7-6(8)5-2-3-1-4(3)5/h3-5H,1-2H2,(H,7,8). The maximum Gasteiger partial charge on any atom is 0.306 e. The molecule has 0 saturated heterocycles. The first kappa shape index (κ1) is 4.36. The highest BCUT2D eigenvalue weighted by atomic mass is 16.4. The van der Waals surface area contributed by atoms with E-state index in [1.54, 1.807) is 0 Å². The predicted molar refractivity (Wildman–Crippen MR) is 27.3 cm³/mol. The first-order valence-electron chi connectivity index (χ1n) is 3.02. The average Bonchev–Trinajstić information content (AvgIpc) is 2.13. The first-order valence-corrected chi connectivity index (χ1v) is 3.02. The van der Waals surface area contributed by atoms with E-state index in [0.29, 0.717) is 5.92 Å². The predicted octanol–water partition coefficient (Wildman–Crippen LogP) is 0.727. The molecule has 3 atom stereocenters. The minimum Gasteiger partial charge on any atom is -0.481 e. The van der Waals surface area contributed by atoms with Crippen molar-refractivity contribution < 1.29 is 9.90 Å². The van der Waals surface area contributed by atoms with Gasteiger partial charge < -0.3 is 5.11 Å². The summed E-state index contributed by atoms with van der Waals surface area (Å²) in [5, 5.41) is 8.43. The third-order valence-corrected chi connectivity index (χ3v) is 2.37. The molecule has 0 amide bonds. The van der Waals surface area contributed by atoms with Gasteiger partial charge in [-0.15, -0.1) is 0 Å². The maximum atomic E-state index is 10.2. The highest BCUT2D eigenvalue weighted by Gasteiger charge is 2.56. The minimum atomic E-state index is -0.580. The molecule has 2 saturated carbocycles. The Hall–Kier alpha value is -0.530. The van der Waals surface area contributed by atoms with Gasteiger partial charge in [0.15, 0.2) is 0 Å². The Balaban J connectivity index is 2.01. The highest BCUT2D eigenvalue weighted by molar-refractivity contribution is 5.72. The van der Waals surface area contributed by atoms with E-state index in [2.05, 4.69) is 0 Å². The molecule has 0 bridgehead atoms. The zero-order valence-electron chi connectivity index (χ0n) is 4.50. The lowest BCUT2D eigenvalue weighted by Gasteiger charge is -2.18. The molecule has 8 heavy (non-hydrogen) atoms. The van der Waals surface area contributed by atoms with Crippen molar-refractivity contribution in [2.75, 3.05) is 0 Å². The summed E-state index contributed by atoms with van der Waals surface area (Å²) >= 11 is 0. The van der Waals surface area contributed by atoms with Crippen LogP contribution in [0.2, 0.25) is 0 Å². The summed E-state index contributed by atoms with van der Waals surface area (Å²) in [5.74, 6) is 0.868. The SMILES string of the molecule is O=C(O)C1CC2CC21. The van der Waals surface area contributed by atoms with Gasteiger partial charge in [-0.1, -0.05) is 0 Å². The topological polar surface area (TPSA) is 37.3 Å². The van der Waals surface area contributed by atoms with Crippen LogP contribution in [0.5, 0.6) is 0 Å². The fourth-order valence-electron chi connectivity index (χ4n) is 1.62. The molecule has 2 rings (SSSR count). The van der Waals surface area contributed by atoms with E-state index >= 15 is 0 Å². The summed E-state index contributed by atoms with van der Waals surface area (Å²) in [6.07, 6.45) is 2.15. The Morgan fingerprint density at radius 3 is 2.38 bits per heavy atom. The second kappa shape index (κ2) is 1.07. The van der Waals surface area contributed by atoms with Gasteiger partial charge in [-0.25, -0.2) is 0 Å². The van der Waals surface area contributed by atoms with Crippen molar-refractivity contribution in [2.45, 2.75) is 12.8 Å². The van der Waals surface area contributed by atoms with Crippen LogP contribution >= 0.6 is 0 Å². The third kappa shape index (κ3) is 0.358. The molecule has 0 radical (unpaired) electrons. The van der Waals surface area contributed by atoms with Crippen LogP contribution in [0, 0.1) is 17.8 Å². The lowest BCUT2D eigenvalue weighted by Crippen LogP contribution is -2.24. The van der Waals surface area contributed by atoms with Crippen molar-refractivity contribution in [1.82, 2.24) is 0 Å². The van der Waals surface area contributed by atoms with Gasteiger partial charge in [-0.05, 0) is 24.7 Å². The van der Waals surface area contributed by atoms with Gasteiger partial charge in [-0.2, -0.15) is 0 Å². The molecule has 0 heterocycles. The largest absolute Gasteiger partial charge is 0.481 e. The number of carboxylic acid groups (broad SMARTS) is 1. The molecule has 2 aliphatic rings. The molecular weight excluding hydrogens is 104 g/mol. The van der Waals surface area contributed by atoms with Crippen molar-refractivity contribution >= 4 is 5.97 Å². The highest BCUT2D eigenvalue weighted by Crippen LogP contribution is 2.59. The van der Waals surface area contributed by atoms with Crippen molar-refractivity contribution in [3.05, 3.63) is 0 Å². The monoisotopic (exact) mass is 112 g/mol. The molecule has 0 aromatic rings. The van der Waals surface area contributed by atoms with Crippen molar-refractivity contribution in [3.63, 3.8) is 0 Å². The van der Waals surface area contributed by atoms with Crippen molar-refractivity contribution in [3.8, 4) is 0 Å². The minimum absolute atomic E-state index is 0.0417. The van der Waals surface area contributed by atoms with Crippen LogP contribution in [-0.2, 0) is 4.79 Å². The van der Waals surface area contributed by atoms with Gasteiger partial charge >= 0.3 is 5.97 Å². The molecule has 0 spiro atoms. The number of hydrogen-bond donors (Lipinski definition) is 1. The Labute approximate surface area is 47.5 Å². The van der Waals surface area contributed by atoms with Crippen LogP contribution < -0.4 is 0 Å². The fourth-order valence-corrected chi connectivity index (χ4v) is 1.62. The van der Waals surface area contributed by atoms with Crippen LogP contribution in [0.25, 0.3) is 0 Å². The second-order valence-corrected chi connectivity index (χ2v) is 2.84. The molecule has 2 fully saturated rings. The van der Waals surface area contributed by atoms with Gasteiger partial charge in [0, 0.05) is 0 Å². The number of hydrogen-bond acceptors (Lipinski definition) is 1. The molecular formula is C6H8O2. The summed E-state index contributed by atoms with van der Waals surface area (Å²) < 4.78 is 0. The molecule has 0 aromatic heterocycles. The van der Waals surface area contributed by atoms with Gasteiger partial charge in [-0.3, -0.25) is 4.79 Å². The van der Waals surface area contributed by atoms with Gasteiger partial charge in [0.05, 0.1) is 5.92 Å². The van der Waals surface area contributed by atoms with Crippen LogP contribution in [0.4, 0.5) is 0 Å². The summed E-state index contributed by atoms with van der Waals surface area (Å²) in [5.41, 5.74) is 0. The molecule has 0 aliphatic heterocycles. The molecule has 2 nitrogen and oxygen atoms in total. The van der Waals surface area contributed by atoms with Crippen LogP contribution in [0.15, 0.2) is 0 Å². The van der Waals surface area contributed by atoms with Crippen molar-refractivity contribution in [1.29, 1.82) is 0 Å². The van der Waals surface area contributed by atoms with E-state index in [4.69, 9.17) is 5.11 Å². The van der Waals surface area contributed by atoms with E-state index in [9.17, 15) is 4.79 Å². The lowest BCUT2D eigenvalue weighted by atomic mass is 9.86. The van der Waals surface area contributed by atoms with Crippen LogP contribution in [0.1, 0.15) is 12.8 Å². The third-order valence-electron chi connectivity index (χ3n) is 2.37.